The minimum atomic E-state index is -0.741. The number of halogens is 2. The summed E-state index contributed by atoms with van der Waals surface area (Å²) in [4.78, 5) is 11.7. The zero-order chi connectivity index (χ0) is 16.7. The van der Waals surface area contributed by atoms with Crippen molar-refractivity contribution in [2.75, 3.05) is 5.32 Å². The van der Waals surface area contributed by atoms with E-state index in [-0.39, 0.29) is 17.8 Å². The molecule has 2 aromatic rings. The van der Waals surface area contributed by atoms with Crippen LogP contribution in [-0.2, 0) is 11.2 Å². The number of amides is 1. The van der Waals surface area contributed by atoms with Gasteiger partial charge in [-0.25, -0.2) is 8.78 Å². The van der Waals surface area contributed by atoms with Gasteiger partial charge in [0.15, 0.2) is 0 Å². The SMILES string of the molecule is N=C(/C=C\Nc1ccccc1)NC(=O)Cc1cc(F)cc(F)c1. The molecular weight excluding hydrogens is 300 g/mol. The average Bonchev–Trinajstić information content (AvgIpc) is 2.47. The molecule has 0 fully saturated rings. The quantitative estimate of drug-likeness (QED) is 0.586. The maximum atomic E-state index is 13.0. The lowest BCUT2D eigenvalue weighted by molar-refractivity contribution is -0.119. The number of rotatable bonds is 5. The maximum Gasteiger partial charge on any atom is 0.229 e. The van der Waals surface area contributed by atoms with Gasteiger partial charge in [0, 0.05) is 18.0 Å². The molecule has 0 aliphatic rings. The molecule has 118 valence electrons. The summed E-state index contributed by atoms with van der Waals surface area (Å²) in [6.45, 7) is 0. The molecule has 0 heterocycles. The van der Waals surface area contributed by atoms with Crippen LogP contribution in [0.3, 0.4) is 0 Å². The van der Waals surface area contributed by atoms with Crippen molar-refractivity contribution >= 4 is 17.4 Å². The number of amidine groups is 1. The fraction of sp³-hybridized carbons (Fsp3) is 0.0588. The Bertz CT molecular complexity index is 710. The van der Waals surface area contributed by atoms with E-state index in [1.54, 1.807) is 0 Å². The Balaban J connectivity index is 1.83. The number of carbonyl (C=O) groups is 1. The molecule has 0 atom stereocenters. The van der Waals surface area contributed by atoms with Crippen LogP contribution in [0.1, 0.15) is 5.56 Å². The highest BCUT2D eigenvalue weighted by Gasteiger charge is 2.07. The smallest absolute Gasteiger partial charge is 0.229 e. The first-order valence-electron chi connectivity index (χ1n) is 6.84. The van der Waals surface area contributed by atoms with Crippen LogP contribution in [0.15, 0.2) is 60.8 Å². The zero-order valence-corrected chi connectivity index (χ0v) is 12.1. The third-order valence-electron chi connectivity index (χ3n) is 2.83. The average molecular weight is 315 g/mol. The van der Waals surface area contributed by atoms with Crippen molar-refractivity contribution in [2.45, 2.75) is 6.42 Å². The molecule has 0 aliphatic carbocycles. The van der Waals surface area contributed by atoms with Gasteiger partial charge in [-0.3, -0.25) is 10.2 Å². The highest BCUT2D eigenvalue weighted by Crippen LogP contribution is 2.08. The van der Waals surface area contributed by atoms with Gasteiger partial charge in [-0.2, -0.15) is 0 Å². The second kappa shape index (κ2) is 7.84. The van der Waals surface area contributed by atoms with E-state index >= 15 is 0 Å². The molecule has 0 bridgehead atoms. The lowest BCUT2D eigenvalue weighted by atomic mass is 10.1. The molecule has 1 amide bonds. The van der Waals surface area contributed by atoms with Gasteiger partial charge in [0.2, 0.25) is 5.91 Å². The number of para-hydroxylation sites is 1. The number of hydrogen-bond donors (Lipinski definition) is 3. The minimum Gasteiger partial charge on any atom is -0.362 e. The number of hydrogen-bond acceptors (Lipinski definition) is 3. The second-order valence-corrected chi connectivity index (χ2v) is 4.76. The van der Waals surface area contributed by atoms with E-state index in [1.807, 2.05) is 30.3 Å². The van der Waals surface area contributed by atoms with Crippen molar-refractivity contribution in [3.63, 3.8) is 0 Å². The van der Waals surface area contributed by atoms with Gasteiger partial charge in [-0.05, 0) is 35.9 Å². The summed E-state index contributed by atoms with van der Waals surface area (Å²) in [5, 5.41) is 12.9. The van der Waals surface area contributed by atoms with E-state index in [4.69, 9.17) is 5.41 Å². The van der Waals surface area contributed by atoms with Gasteiger partial charge >= 0.3 is 0 Å². The van der Waals surface area contributed by atoms with Crippen LogP contribution >= 0.6 is 0 Å². The van der Waals surface area contributed by atoms with Crippen molar-refractivity contribution in [3.05, 3.63) is 78.0 Å². The molecule has 0 spiro atoms. The third kappa shape index (κ3) is 5.70. The van der Waals surface area contributed by atoms with Gasteiger partial charge in [-0.15, -0.1) is 0 Å². The molecule has 3 N–H and O–H groups in total. The van der Waals surface area contributed by atoms with E-state index < -0.39 is 17.5 Å². The third-order valence-corrected chi connectivity index (χ3v) is 2.83. The first kappa shape index (κ1) is 16.4. The second-order valence-electron chi connectivity index (χ2n) is 4.76. The molecule has 0 radical (unpaired) electrons. The van der Waals surface area contributed by atoms with E-state index in [0.29, 0.717) is 0 Å². The summed E-state index contributed by atoms with van der Waals surface area (Å²) in [6.07, 6.45) is 2.67. The highest BCUT2D eigenvalue weighted by atomic mass is 19.1. The summed E-state index contributed by atoms with van der Waals surface area (Å²) in [6, 6.07) is 12.2. The highest BCUT2D eigenvalue weighted by molar-refractivity contribution is 6.03. The van der Waals surface area contributed by atoms with Crippen LogP contribution in [-0.4, -0.2) is 11.7 Å². The monoisotopic (exact) mass is 315 g/mol. The Hall–Kier alpha value is -3.02. The predicted molar refractivity (Wildman–Crippen MR) is 85.1 cm³/mol. The number of carbonyl (C=O) groups excluding carboxylic acids is 1. The van der Waals surface area contributed by atoms with Gasteiger partial charge in [-0.1, -0.05) is 18.2 Å². The van der Waals surface area contributed by atoms with Crippen molar-refractivity contribution in [1.29, 1.82) is 5.41 Å². The number of anilines is 1. The van der Waals surface area contributed by atoms with Gasteiger partial charge in [0.1, 0.15) is 17.5 Å². The standard InChI is InChI=1S/C17H15F2N3O/c18-13-8-12(9-14(19)11-13)10-17(23)22-16(20)6-7-21-15-4-2-1-3-5-15/h1-9,11,21H,10H2,(H2,20,22,23)/b7-6-. The fourth-order valence-corrected chi connectivity index (χ4v) is 1.89. The van der Waals surface area contributed by atoms with E-state index in [1.165, 1.54) is 12.3 Å². The fourth-order valence-electron chi connectivity index (χ4n) is 1.89. The minimum absolute atomic E-state index is 0.129. The Morgan fingerprint density at radius 3 is 2.39 bits per heavy atom. The van der Waals surface area contributed by atoms with Crippen LogP contribution in [0, 0.1) is 17.0 Å². The molecule has 0 aliphatic heterocycles. The molecule has 0 saturated heterocycles. The normalized spacial score (nSPS) is 10.5. The first-order valence-corrected chi connectivity index (χ1v) is 6.84. The maximum absolute atomic E-state index is 13.0. The molecule has 0 saturated carbocycles. The molecule has 4 nitrogen and oxygen atoms in total. The van der Waals surface area contributed by atoms with Gasteiger partial charge < -0.3 is 10.6 Å². The topological polar surface area (TPSA) is 65.0 Å². The van der Waals surface area contributed by atoms with Crippen molar-refractivity contribution in [2.24, 2.45) is 0 Å². The van der Waals surface area contributed by atoms with Crippen molar-refractivity contribution < 1.29 is 13.6 Å². The zero-order valence-electron chi connectivity index (χ0n) is 12.1. The molecule has 2 rings (SSSR count). The molecule has 23 heavy (non-hydrogen) atoms. The Kier molecular flexibility index (Phi) is 5.57. The lowest BCUT2D eigenvalue weighted by Gasteiger charge is -2.05. The Morgan fingerprint density at radius 1 is 1.09 bits per heavy atom. The summed E-state index contributed by atoms with van der Waals surface area (Å²) < 4.78 is 26.1. The van der Waals surface area contributed by atoms with Gasteiger partial charge in [0.05, 0.1) is 6.42 Å². The van der Waals surface area contributed by atoms with Crippen LogP contribution in [0.5, 0.6) is 0 Å². The van der Waals surface area contributed by atoms with E-state index in [0.717, 1.165) is 23.9 Å². The number of benzene rings is 2. The summed E-state index contributed by atoms with van der Waals surface area (Å²) in [7, 11) is 0. The number of nitrogens with one attached hydrogen (secondary N) is 3. The summed E-state index contributed by atoms with van der Waals surface area (Å²) in [5.41, 5.74) is 1.05. The van der Waals surface area contributed by atoms with E-state index in [2.05, 4.69) is 10.6 Å². The van der Waals surface area contributed by atoms with Crippen molar-refractivity contribution in [1.82, 2.24) is 5.32 Å². The Morgan fingerprint density at radius 2 is 1.74 bits per heavy atom. The Labute approximate surface area is 132 Å². The van der Waals surface area contributed by atoms with Crippen LogP contribution in [0.4, 0.5) is 14.5 Å². The summed E-state index contributed by atoms with van der Waals surface area (Å²) in [5.74, 6) is -2.13. The molecular formula is C17H15F2N3O. The van der Waals surface area contributed by atoms with Crippen LogP contribution in [0.25, 0.3) is 0 Å². The largest absolute Gasteiger partial charge is 0.362 e. The summed E-state index contributed by atoms with van der Waals surface area (Å²) >= 11 is 0. The van der Waals surface area contributed by atoms with Crippen LogP contribution in [0.2, 0.25) is 0 Å². The van der Waals surface area contributed by atoms with E-state index in [9.17, 15) is 13.6 Å². The van der Waals surface area contributed by atoms with Gasteiger partial charge in [0.25, 0.3) is 0 Å². The molecule has 0 unspecified atom stereocenters. The molecule has 2 aromatic carbocycles. The molecule has 6 heteroatoms. The van der Waals surface area contributed by atoms with Crippen LogP contribution < -0.4 is 10.6 Å². The van der Waals surface area contributed by atoms with Crippen molar-refractivity contribution in [3.8, 4) is 0 Å². The lowest BCUT2D eigenvalue weighted by Crippen LogP contribution is -2.29. The molecule has 0 aromatic heterocycles. The first-order chi connectivity index (χ1) is 11.0. The predicted octanol–water partition coefficient (Wildman–Crippen LogP) is 3.23.